The average molecular weight is 344 g/mol. The predicted molar refractivity (Wildman–Crippen MR) is 94.1 cm³/mol. The minimum absolute atomic E-state index is 0.0758. The number of benzene rings is 2. The molecule has 124 valence electrons. The summed E-state index contributed by atoms with van der Waals surface area (Å²) in [5.74, 6) is 0.476. The fourth-order valence-corrected chi connectivity index (χ4v) is 2.70. The lowest BCUT2D eigenvalue weighted by Crippen LogP contribution is -2.33. The van der Waals surface area contributed by atoms with Crippen LogP contribution in [0.15, 0.2) is 48.5 Å². The van der Waals surface area contributed by atoms with Crippen molar-refractivity contribution in [3.05, 3.63) is 64.9 Å². The highest BCUT2D eigenvalue weighted by molar-refractivity contribution is 6.34. The van der Waals surface area contributed by atoms with Crippen molar-refractivity contribution in [1.82, 2.24) is 15.0 Å². The Balaban J connectivity index is 1.55. The molecule has 0 aliphatic heterocycles. The number of para-hydroxylation sites is 1. The Labute approximate surface area is 145 Å². The topological polar surface area (TPSA) is 56.2 Å². The summed E-state index contributed by atoms with van der Waals surface area (Å²) in [5, 5.41) is 3.41. The van der Waals surface area contributed by atoms with Gasteiger partial charge in [-0.1, -0.05) is 48.0 Å². The summed E-state index contributed by atoms with van der Waals surface area (Å²) < 4.78 is 1.54. The number of aromatic nitrogens is 2. The fraction of sp³-hybridized carbons (Fsp3) is 0.222. The first-order valence-corrected chi connectivity index (χ1v) is 8.10. The zero-order valence-electron chi connectivity index (χ0n) is 13.3. The Morgan fingerprint density at radius 2 is 2.00 bits per heavy atom. The summed E-state index contributed by atoms with van der Waals surface area (Å²) >= 11 is 6.12. The molecular weight excluding hydrogens is 326 g/mol. The second-order valence-corrected chi connectivity index (χ2v) is 5.83. The molecule has 0 aliphatic rings. The van der Waals surface area contributed by atoms with Crippen LogP contribution in [0.2, 0.25) is 5.02 Å². The zero-order valence-corrected chi connectivity index (χ0v) is 14.1. The quantitative estimate of drug-likeness (QED) is 0.748. The first kappa shape index (κ1) is 16.3. The zero-order chi connectivity index (χ0) is 16.9. The Hall–Kier alpha value is -2.53. The molecule has 0 saturated carbocycles. The summed E-state index contributed by atoms with van der Waals surface area (Å²) in [5.41, 5.74) is 2.60. The molecule has 1 aromatic heterocycles. The van der Waals surface area contributed by atoms with Gasteiger partial charge >= 0.3 is 0 Å². The normalized spacial score (nSPS) is 10.8. The van der Waals surface area contributed by atoms with Crippen molar-refractivity contribution in [2.45, 2.75) is 13.3 Å². The van der Waals surface area contributed by atoms with Gasteiger partial charge in [-0.25, -0.2) is 4.98 Å². The Morgan fingerprint density at radius 3 is 2.79 bits per heavy atom. The molecule has 0 atom stereocenters. The van der Waals surface area contributed by atoms with E-state index in [4.69, 9.17) is 16.4 Å². The van der Waals surface area contributed by atoms with Crippen LogP contribution in [0.3, 0.4) is 0 Å². The first-order valence-electron chi connectivity index (χ1n) is 7.72. The average Bonchev–Trinajstić information content (AvgIpc) is 2.91. The van der Waals surface area contributed by atoms with E-state index in [1.54, 1.807) is 6.07 Å². The van der Waals surface area contributed by atoms with Crippen LogP contribution in [0.4, 0.5) is 0 Å². The summed E-state index contributed by atoms with van der Waals surface area (Å²) in [7, 11) is 0. The maximum atomic E-state index is 11.9. The van der Waals surface area contributed by atoms with Crippen LogP contribution in [0.5, 0.6) is 0 Å². The molecule has 2 aromatic carbocycles. The van der Waals surface area contributed by atoms with Crippen molar-refractivity contribution in [2.24, 2.45) is 0 Å². The van der Waals surface area contributed by atoms with Crippen LogP contribution < -0.4 is 10.2 Å². The maximum absolute atomic E-state index is 11.9. The number of nitrogens with zero attached hydrogens (tertiary/aromatic N) is 2. The van der Waals surface area contributed by atoms with Crippen molar-refractivity contribution in [3.63, 3.8) is 0 Å². The standard InChI is InChI=1S/C18H18ClN3O2/c1-13-21-18-15(19)8-5-9-16(18)22(13)24-12-17(23)20-11-10-14-6-3-2-4-7-14/h2-9H,10-12H2,1H3,(H,20,23). The molecular formula is C18H18ClN3O2. The van der Waals surface area contributed by atoms with Crippen LogP contribution in [0.25, 0.3) is 11.0 Å². The van der Waals surface area contributed by atoms with E-state index in [1.807, 2.05) is 49.4 Å². The molecule has 0 spiro atoms. The number of rotatable bonds is 6. The van der Waals surface area contributed by atoms with Crippen LogP contribution in [0.1, 0.15) is 11.4 Å². The molecule has 1 amide bonds. The first-order chi connectivity index (χ1) is 11.6. The molecule has 0 fully saturated rings. The number of fused-ring (bicyclic) bond motifs is 1. The molecule has 0 radical (unpaired) electrons. The lowest BCUT2D eigenvalue weighted by Gasteiger charge is -2.10. The molecule has 0 aliphatic carbocycles. The van der Waals surface area contributed by atoms with Crippen LogP contribution in [-0.2, 0) is 11.2 Å². The molecule has 1 heterocycles. The van der Waals surface area contributed by atoms with Gasteiger partial charge in [0.1, 0.15) is 16.9 Å². The van der Waals surface area contributed by atoms with Crippen molar-refractivity contribution >= 4 is 28.5 Å². The second-order valence-electron chi connectivity index (χ2n) is 5.42. The van der Waals surface area contributed by atoms with E-state index in [0.717, 1.165) is 11.9 Å². The molecule has 3 aromatic rings. The number of imidazole rings is 1. The Kier molecular flexibility index (Phi) is 5.01. The number of carbonyl (C=O) groups excluding carboxylic acids is 1. The van der Waals surface area contributed by atoms with E-state index >= 15 is 0 Å². The van der Waals surface area contributed by atoms with E-state index in [1.165, 1.54) is 10.3 Å². The number of aryl methyl sites for hydroxylation is 1. The lowest BCUT2D eigenvalue weighted by molar-refractivity contribution is -0.125. The van der Waals surface area contributed by atoms with E-state index in [-0.39, 0.29) is 12.5 Å². The van der Waals surface area contributed by atoms with Crippen molar-refractivity contribution in [1.29, 1.82) is 0 Å². The number of hydrogen-bond acceptors (Lipinski definition) is 3. The predicted octanol–water partition coefficient (Wildman–Crippen LogP) is 2.79. The van der Waals surface area contributed by atoms with Gasteiger partial charge in [0, 0.05) is 6.54 Å². The van der Waals surface area contributed by atoms with E-state index < -0.39 is 0 Å². The lowest BCUT2D eigenvalue weighted by atomic mass is 10.1. The van der Waals surface area contributed by atoms with Gasteiger partial charge in [0.2, 0.25) is 0 Å². The van der Waals surface area contributed by atoms with E-state index in [0.29, 0.717) is 22.9 Å². The number of hydrogen-bond donors (Lipinski definition) is 1. The summed E-state index contributed by atoms with van der Waals surface area (Å²) in [6.45, 7) is 2.30. The molecule has 24 heavy (non-hydrogen) atoms. The van der Waals surface area contributed by atoms with E-state index in [9.17, 15) is 4.79 Å². The van der Waals surface area contributed by atoms with Crippen molar-refractivity contribution < 1.29 is 9.63 Å². The maximum Gasteiger partial charge on any atom is 0.260 e. The van der Waals surface area contributed by atoms with Gasteiger partial charge in [-0.15, -0.1) is 0 Å². The van der Waals surface area contributed by atoms with Gasteiger partial charge < -0.3 is 10.2 Å². The number of carbonyl (C=O) groups is 1. The van der Waals surface area contributed by atoms with Gasteiger partial charge in [-0.3, -0.25) is 4.79 Å². The molecule has 0 unspecified atom stereocenters. The third-order valence-electron chi connectivity index (χ3n) is 3.66. The summed E-state index contributed by atoms with van der Waals surface area (Å²) in [6.07, 6.45) is 0.787. The van der Waals surface area contributed by atoms with Gasteiger partial charge in [0.15, 0.2) is 6.61 Å². The molecule has 5 nitrogen and oxygen atoms in total. The van der Waals surface area contributed by atoms with Crippen LogP contribution in [-0.4, -0.2) is 28.8 Å². The van der Waals surface area contributed by atoms with Gasteiger partial charge in [-0.2, -0.15) is 4.73 Å². The monoisotopic (exact) mass is 343 g/mol. The van der Waals surface area contributed by atoms with Crippen LogP contribution in [0, 0.1) is 6.92 Å². The van der Waals surface area contributed by atoms with Crippen LogP contribution >= 0.6 is 11.6 Å². The van der Waals surface area contributed by atoms with Crippen molar-refractivity contribution in [2.75, 3.05) is 13.2 Å². The van der Waals surface area contributed by atoms with Gasteiger partial charge in [-0.05, 0) is 31.0 Å². The highest BCUT2D eigenvalue weighted by Gasteiger charge is 2.12. The minimum Gasteiger partial charge on any atom is -0.402 e. The third kappa shape index (κ3) is 3.68. The summed E-state index contributed by atoms with van der Waals surface area (Å²) in [6, 6.07) is 15.5. The number of amides is 1. The molecule has 3 rings (SSSR count). The van der Waals surface area contributed by atoms with Gasteiger partial charge in [0.05, 0.1) is 5.02 Å². The second kappa shape index (κ2) is 7.36. The van der Waals surface area contributed by atoms with Crippen molar-refractivity contribution in [3.8, 4) is 0 Å². The highest BCUT2D eigenvalue weighted by Crippen LogP contribution is 2.22. The molecule has 0 bridgehead atoms. The molecule has 1 N–H and O–H groups in total. The summed E-state index contributed by atoms with van der Waals surface area (Å²) in [4.78, 5) is 21.9. The Bertz CT molecular complexity index is 846. The third-order valence-corrected chi connectivity index (χ3v) is 3.96. The molecule has 6 heteroatoms. The SMILES string of the molecule is Cc1nc2c(Cl)cccc2n1OCC(=O)NCCc1ccccc1. The number of halogens is 1. The smallest absolute Gasteiger partial charge is 0.260 e. The van der Waals surface area contributed by atoms with E-state index in [2.05, 4.69) is 10.3 Å². The fourth-order valence-electron chi connectivity index (χ4n) is 2.49. The minimum atomic E-state index is -0.172. The number of nitrogens with one attached hydrogen (secondary N) is 1. The highest BCUT2D eigenvalue weighted by atomic mass is 35.5. The van der Waals surface area contributed by atoms with Gasteiger partial charge in [0.25, 0.3) is 5.91 Å². The largest absolute Gasteiger partial charge is 0.402 e. The molecule has 0 saturated heterocycles. The Morgan fingerprint density at radius 1 is 1.21 bits per heavy atom.